The van der Waals surface area contributed by atoms with Crippen molar-refractivity contribution in [2.24, 2.45) is 0 Å². The first-order valence-corrected chi connectivity index (χ1v) is 5.20. The van der Waals surface area contributed by atoms with Gasteiger partial charge in [-0.15, -0.1) is 0 Å². The zero-order chi connectivity index (χ0) is 12.3. The van der Waals surface area contributed by atoms with Crippen molar-refractivity contribution in [3.8, 4) is 11.3 Å². The molecule has 5 heteroatoms. The van der Waals surface area contributed by atoms with E-state index in [1.807, 2.05) is 12.1 Å². The summed E-state index contributed by atoms with van der Waals surface area (Å²) in [5, 5.41) is 10.8. The fourth-order valence-electron chi connectivity index (χ4n) is 1.35. The molecular formula is C12H8ClNO3. The van der Waals surface area contributed by atoms with Crippen LogP contribution in [0.3, 0.4) is 0 Å². The number of nitro groups is 1. The van der Waals surface area contributed by atoms with Crippen LogP contribution in [0.25, 0.3) is 17.4 Å². The highest BCUT2D eigenvalue weighted by Gasteiger charge is 2.03. The Morgan fingerprint density at radius 3 is 2.53 bits per heavy atom. The van der Waals surface area contributed by atoms with Crippen molar-refractivity contribution >= 4 is 17.7 Å². The third-order valence-electron chi connectivity index (χ3n) is 2.12. The number of rotatable bonds is 3. The highest BCUT2D eigenvalue weighted by atomic mass is 35.5. The zero-order valence-electron chi connectivity index (χ0n) is 8.67. The fourth-order valence-corrected chi connectivity index (χ4v) is 1.47. The molecule has 0 aliphatic rings. The molecule has 2 aromatic rings. The van der Waals surface area contributed by atoms with Crippen LogP contribution in [-0.2, 0) is 0 Å². The number of nitrogens with zero attached hydrogens (tertiary/aromatic N) is 1. The molecule has 86 valence electrons. The maximum Gasteiger partial charge on any atom is 0.238 e. The molecule has 0 unspecified atom stereocenters. The van der Waals surface area contributed by atoms with Gasteiger partial charge in [0, 0.05) is 10.6 Å². The number of benzene rings is 1. The summed E-state index contributed by atoms with van der Waals surface area (Å²) in [5.74, 6) is 1.08. The number of hydrogen-bond donors (Lipinski definition) is 0. The molecule has 1 aromatic heterocycles. The van der Waals surface area contributed by atoms with E-state index in [4.69, 9.17) is 16.0 Å². The average molecular weight is 250 g/mol. The lowest BCUT2D eigenvalue weighted by Gasteiger charge is -1.96. The van der Waals surface area contributed by atoms with E-state index < -0.39 is 4.92 Å². The topological polar surface area (TPSA) is 56.3 Å². The van der Waals surface area contributed by atoms with E-state index in [9.17, 15) is 10.1 Å². The molecule has 0 saturated heterocycles. The molecule has 2 rings (SSSR count). The third-order valence-corrected chi connectivity index (χ3v) is 2.37. The van der Waals surface area contributed by atoms with Crippen molar-refractivity contribution in [1.82, 2.24) is 0 Å². The Hall–Kier alpha value is -2.07. The highest BCUT2D eigenvalue weighted by molar-refractivity contribution is 6.30. The lowest BCUT2D eigenvalue weighted by Crippen LogP contribution is -1.80. The summed E-state index contributed by atoms with van der Waals surface area (Å²) in [6, 6.07) is 10.6. The van der Waals surface area contributed by atoms with Gasteiger partial charge in [0.15, 0.2) is 0 Å². The van der Waals surface area contributed by atoms with E-state index >= 15 is 0 Å². The highest BCUT2D eigenvalue weighted by Crippen LogP contribution is 2.24. The summed E-state index contributed by atoms with van der Waals surface area (Å²) in [7, 11) is 0. The second-order valence-corrected chi connectivity index (χ2v) is 3.75. The number of hydrogen-bond acceptors (Lipinski definition) is 3. The molecule has 0 N–H and O–H groups in total. The Morgan fingerprint density at radius 1 is 1.18 bits per heavy atom. The Balaban J connectivity index is 2.23. The number of halogens is 1. The van der Waals surface area contributed by atoms with Gasteiger partial charge in [-0.3, -0.25) is 10.1 Å². The minimum atomic E-state index is -0.537. The van der Waals surface area contributed by atoms with Gasteiger partial charge in [-0.05, 0) is 36.4 Å². The van der Waals surface area contributed by atoms with E-state index in [1.54, 1.807) is 24.3 Å². The van der Waals surface area contributed by atoms with Gasteiger partial charge in [0.2, 0.25) is 6.20 Å². The van der Waals surface area contributed by atoms with E-state index in [1.165, 1.54) is 6.08 Å². The fraction of sp³-hybridized carbons (Fsp3) is 0. The summed E-state index contributed by atoms with van der Waals surface area (Å²) in [6.07, 6.45) is 2.14. The second kappa shape index (κ2) is 4.84. The number of furan rings is 1. The zero-order valence-corrected chi connectivity index (χ0v) is 9.42. The van der Waals surface area contributed by atoms with Gasteiger partial charge >= 0.3 is 0 Å². The molecule has 0 amide bonds. The largest absolute Gasteiger partial charge is 0.457 e. The molecule has 1 heterocycles. The molecule has 0 aliphatic carbocycles. The van der Waals surface area contributed by atoms with Crippen LogP contribution in [-0.4, -0.2) is 4.92 Å². The van der Waals surface area contributed by atoms with Crippen LogP contribution in [0.4, 0.5) is 0 Å². The second-order valence-electron chi connectivity index (χ2n) is 3.31. The van der Waals surface area contributed by atoms with E-state index in [-0.39, 0.29) is 0 Å². The van der Waals surface area contributed by atoms with E-state index in [0.717, 1.165) is 11.8 Å². The van der Waals surface area contributed by atoms with Gasteiger partial charge in [0.05, 0.1) is 11.0 Å². The smallest absolute Gasteiger partial charge is 0.238 e. The monoisotopic (exact) mass is 249 g/mol. The van der Waals surface area contributed by atoms with Crippen LogP contribution >= 0.6 is 11.6 Å². The minimum Gasteiger partial charge on any atom is -0.457 e. The van der Waals surface area contributed by atoms with Gasteiger partial charge < -0.3 is 4.42 Å². The summed E-state index contributed by atoms with van der Waals surface area (Å²) in [5.41, 5.74) is 0.871. The van der Waals surface area contributed by atoms with Crippen molar-refractivity contribution in [1.29, 1.82) is 0 Å². The van der Waals surface area contributed by atoms with Gasteiger partial charge in [-0.1, -0.05) is 11.6 Å². The van der Waals surface area contributed by atoms with E-state index in [0.29, 0.717) is 16.5 Å². The first kappa shape index (κ1) is 11.4. The standard InChI is InChI=1S/C12H8ClNO3/c13-10-3-1-9(2-4-10)12-6-5-11(17-12)7-8-14(15)16/h1-8H/b8-7+. The lowest BCUT2D eigenvalue weighted by molar-refractivity contribution is -0.401. The summed E-state index contributed by atoms with van der Waals surface area (Å²) < 4.78 is 5.43. The molecule has 0 radical (unpaired) electrons. The molecule has 4 nitrogen and oxygen atoms in total. The van der Waals surface area contributed by atoms with Crippen molar-refractivity contribution < 1.29 is 9.34 Å². The Morgan fingerprint density at radius 2 is 1.88 bits per heavy atom. The maximum absolute atomic E-state index is 10.1. The Bertz CT molecular complexity index is 557. The SMILES string of the molecule is O=[N+]([O-])/C=C/c1ccc(-c2ccc(Cl)cc2)o1. The first-order valence-electron chi connectivity index (χ1n) is 4.82. The van der Waals surface area contributed by atoms with Gasteiger partial charge in [-0.25, -0.2) is 0 Å². The lowest BCUT2D eigenvalue weighted by atomic mass is 10.2. The summed E-state index contributed by atoms with van der Waals surface area (Å²) in [6.45, 7) is 0. The Labute approximate surface area is 102 Å². The third kappa shape index (κ3) is 2.95. The van der Waals surface area contributed by atoms with Gasteiger partial charge in [0.1, 0.15) is 11.5 Å². The summed E-state index contributed by atoms with van der Waals surface area (Å²) in [4.78, 5) is 9.61. The molecule has 0 fully saturated rings. The first-order chi connectivity index (χ1) is 8.15. The maximum atomic E-state index is 10.1. The summed E-state index contributed by atoms with van der Waals surface area (Å²) >= 11 is 5.77. The Kier molecular flexibility index (Phi) is 3.25. The average Bonchev–Trinajstić information content (AvgIpc) is 2.76. The van der Waals surface area contributed by atoms with Gasteiger partial charge in [-0.2, -0.15) is 0 Å². The minimum absolute atomic E-state index is 0.437. The molecule has 1 aromatic carbocycles. The molecule has 0 spiro atoms. The van der Waals surface area contributed by atoms with Crippen LogP contribution in [0.5, 0.6) is 0 Å². The van der Waals surface area contributed by atoms with Crippen LogP contribution in [0.15, 0.2) is 47.0 Å². The normalized spacial score (nSPS) is 10.9. The van der Waals surface area contributed by atoms with Crippen LogP contribution in [0.2, 0.25) is 5.02 Å². The predicted octanol–water partition coefficient (Wildman–Crippen LogP) is 3.85. The van der Waals surface area contributed by atoms with Crippen molar-refractivity contribution in [3.63, 3.8) is 0 Å². The predicted molar refractivity (Wildman–Crippen MR) is 65.2 cm³/mol. The molecule has 0 bridgehead atoms. The van der Waals surface area contributed by atoms with Crippen molar-refractivity contribution in [2.75, 3.05) is 0 Å². The van der Waals surface area contributed by atoms with Crippen LogP contribution in [0, 0.1) is 10.1 Å². The van der Waals surface area contributed by atoms with Crippen molar-refractivity contribution in [3.05, 3.63) is 63.5 Å². The van der Waals surface area contributed by atoms with Crippen LogP contribution in [0.1, 0.15) is 5.76 Å². The molecule has 0 atom stereocenters. The van der Waals surface area contributed by atoms with Crippen molar-refractivity contribution in [2.45, 2.75) is 0 Å². The molecule has 17 heavy (non-hydrogen) atoms. The molecule has 0 aliphatic heterocycles. The van der Waals surface area contributed by atoms with E-state index in [2.05, 4.69) is 0 Å². The molecular weight excluding hydrogens is 242 g/mol. The van der Waals surface area contributed by atoms with Crippen LogP contribution < -0.4 is 0 Å². The van der Waals surface area contributed by atoms with Gasteiger partial charge in [0.25, 0.3) is 0 Å². The quantitative estimate of drug-likeness (QED) is 0.613. The molecule has 0 saturated carbocycles.